The second-order valence-corrected chi connectivity index (χ2v) is 7.63. The van der Waals surface area contributed by atoms with Crippen LogP contribution >= 0.6 is 0 Å². The molecule has 3 rings (SSSR count). The molecule has 2 aliphatic heterocycles. The van der Waals surface area contributed by atoms with E-state index in [4.69, 9.17) is 4.74 Å². The number of Topliss-reactive ketones (excluding diaryl/α,β-unsaturated/α-hetero) is 1. The topological polar surface area (TPSA) is 96.3 Å². The number of para-hydroxylation sites is 1. The van der Waals surface area contributed by atoms with Crippen molar-refractivity contribution >= 4 is 35.0 Å². The lowest BCUT2D eigenvalue weighted by Crippen LogP contribution is -2.50. The average molecular weight is 403 g/mol. The van der Waals surface area contributed by atoms with Crippen LogP contribution in [0.2, 0.25) is 0 Å². The highest BCUT2D eigenvalue weighted by Gasteiger charge is 2.61. The predicted octanol–water partition coefficient (Wildman–Crippen LogP) is 1.68. The number of benzene rings is 1. The SMILES string of the molecule is CCOC(=O)C1=NN(C(C)(C)CC(C)=O)C2C(=O)N(c3ccccc3F)C(=O)C12. The monoisotopic (exact) mass is 403 g/mol. The molecule has 2 aliphatic rings. The molecule has 0 bridgehead atoms. The summed E-state index contributed by atoms with van der Waals surface area (Å²) >= 11 is 0. The average Bonchev–Trinajstić information content (AvgIpc) is 3.13. The third kappa shape index (κ3) is 3.41. The molecule has 8 nitrogen and oxygen atoms in total. The first kappa shape index (κ1) is 20.6. The van der Waals surface area contributed by atoms with Crippen LogP contribution < -0.4 is 4.90 Å². The Morgan fingerprint density at radius 2 is 1.86 bits per heavy atom. The first-order valence-corrected chi connectivity index (χ1v) is 9.27. The van der Waals surface area contributed by atoms with Gasteiger partial charge in [-0.3, -0.25) is 19.4 Å². The van der Waals surface area contributed by atoms with Crippen molar-refractivity contribution in [3.05, 3.63) is 30.1 Å². The van der Waals surface area contributed by atoms with Crippen LogP contribution in [0, 0.1) is 11.7 Å². The van der Waals surface area contributed by atoms with E-state index in [0.29, 0.717) is 0 Å². The van der Waals surface area contributed by atoms with Crippen molar-refractivity contribution in [2.45, 2.75) is 45.7 Å². The van der Waals surface area contributed by atoms with Gasteiger partial charge < -0.3 is 4.74 Å². The minimum Gasteiger partial charge on any atom is -0.461 e. The summed E-state index contributed by atoms with van der Waals surface area (Å²) in [7, 11) is 0. The largest absolute Gasteiger partial charge is 0.461 e. The van der Waals surface area contributed by atoms with Gasteiger partial charge in [0.1, 0.15) is 23.6 Å². The summed E-state index contributed by atoms with van der Waals surface area (Å²) < 4.78 is 19.3. The first-order valence-electron chi connectivity index (χ1n) is 9.27. The van der Waals surface area contributed by atoms with Gasteiger partial charge in [0, 0.05) is 6.42 Å². The third-order valence-corrected chi connectivity index (χ3v) is 4.93. The summed E-state index contributed by atoms with van der Waals surface area (Å²) in [6.45, 7) is 6.44. The van der Waals surface area contributed by atoms with Crippen LogP contribution in [-0.2, 0) is 23.9 Å². The molecule has 2 unspecified atom stereocenters. The summed E-state index contributed by atoms with van der Waals surface area (Å²) in [5.74, 6) is -4.39. The van der Waals surface area contributed by atoms with E-state index >= 15 is 0 Å². The Kier molecular flexibility index (Phi) is 5.25. The highest BCUT2D eigenvalue weighted by molar-refractivity contribution is 6.46. The Morgan fingerprint density at radius 3 is 2.45 bits per heavy atom. The molecular weight excluding hydrogens is 381 g/mol. The quantitative estimate of drug-likeness (QED) is 0.530. The predicted molar refractivity (Wildman–Crippen MR) is 101 cm³/mol. The lowest BCUT2D eigenvalue weighted by Gasteiger charge is -2.36. The number of esters is 1. The normalized spacial score (nSPS) is 21.3. The van der Waals surface area contributed by atoms with Gasteiger partial charge in [0.05, 0.1) is 17.8 Å². The van der Waals surface area contributed by atoms with E-state index in [1.807, 2.05) is 0 Å². The maximum atomic E-state index is 14.3. The highest BCUT2D eigenvalue weighted by Crippen LogP contribution is 2.40. The van der Waals surface area contributed by atoms with Gasteiger partial charge in [0.2, 0.25) is 5.91 Å². The van der Waals surface area contributed by atoms with E-state index < -0.39 is 41.1 Å². The van der Waals surface area contributed by atoms with Crippen LogP contribution in [0.3, 0.4) is 0 Å². The van der Waals surface area contributed by atoms with Crippen molar-refractivity contribution in [2.24, 2.45) is 11.0 Å². The van der Waals surface area contributed by atoms with Gasteiger partial charge in [-0.05, 0) is 39.8 Å². The fourth-order valence-electron chi connectivity index (χ4n) is 3.86. The summed E-state index contributed by atoms with van der Waals surface area (Å²) in [5, 5.41) is 5.54. The number of fused-ring (bicyclic) bond motifs is 1. The maximum Gasteiger partial charge on any atom is 0.355 e. The van der Waals surface area contributed by atoms with Crippen LogP contribution in [-0.4, -0.2) is 52.5 Å². The Labute approximate surface area is 167 Å². The molecule has 0 N–H and O–H groups in total. The Bertz CT molecular complexity index is 926. The van der Waals surface area contributed by atoms with E-state index in [1.165, 1.54) is 30.1 Å². The molecular formula is C20H22FN3O5. The zero-order chi connectivity index (χ0) is 21.5. The Hall–Kier alpha value is -3.10. The number of anilines is 1. The van der Waals surface area contributed by atoms with E-state index in [2.05, 4.69) is 5.10 Å². The molecule has 0 aliphatic carbocycles. The van der Waals surface area contributed by atoms with Crippen molar-refractivity contribution in [1.29, 1.82) is 0 Å². The number of amides is 2. The van der Waals surface area contributed by atoms with Crippen LogP contribution in [0.25, 0.3) is 0 Å². The molecule has 0 saturated carbocycles. The number of halogens is 1. The van der Waals surface area contributed by atoms with Crippen LogP contribution in [0.5, 0.6) is 0 Å². The molecule has 2 atom stereocenters. The molecule has 1 saturated heterocycles. The van der Waals surface area contributed by atoms with Gasteiger partial charge in [0.15, 0.2) is 5.71 Å². The first-order chi connectivity index (χ1) is 13.6. The standard InChI is InChI=1S/C20H22FN3O5/c1-5-29-19(28)15-14-16(24(22-15)20(3,4)10-11(2)25)18(27)23(17(14)26)13-9-7-6-8-12(13)21/h6-9,14,16H,5,10H2,1-4H3. The van der Waals surface area contributed by atoms with Gasteiger partial charge in [-0.2, -0.15) is 5.10 Å². The number of carbonyl (C=O) groups is 4. The molecule has 2 amide bonds. The zero-order valence-electron chi connectivity index (χ0n) is 16.6. The van der Waals surface area contributed by atoms with Crippen molar-refractivity contribution in [2.75, 3.05) is 11.5 Å². The third-order valence-electron chi connectivity index (χ3n) is 4.93. The Balaban J connectivity index is 2.09. The molecule has 0 aromatic heterocycles. The van der Waals surface area contributed by atoms with Gasteiger partial charge in [-0.1, -0.05) is 12.1 Å². The number of hydrazone groups is 1. The number of hydrogen-bond donors (Lipinski definition) is 0. The molecule has 0 radical (unpaired) electrons. The van der Waals surface area contributed by atoms with Crippen LogP contribution in [0.4, 0.5) is 10.1 Å². The second-order valence-electron chi connectivity index (χ2n) is 7.63. The minimum absolute atomic E-state index is 0.0387. The molecule has 0 spiro atoms. The lowest BCUT2D eigenvalue weighted by molar-refractivity contribution is -0.136. The lowest BCUT2D eigenvalue weighted by atomic mass is 9.92. The number of ketones is 1. The number of imide groups is 1. The van der Waals surface area contributed by atoms with E-state index in [1.54, 1.807) is 20.8 Å². The molecule has 2 heterocycles. The second kappa shape index (κ2) is 7.38. The van der Waals surface area contributed by atoms with Crippen molar-refractivity contribution in [3.63, 3.8) is 0 Å². The summed E-state index contributed by atoms with van der Waals surface area (Å²) in [6, 6.07) is 4.25. The van der Waals surface area contributed by atoms with Gasteiger partial charge >= 0.3 is 5.97 Å². The summed E-state index contributed by atoms with van der Waals surface area (Å²) in [4.78, 5) is 51.2. The van der Waals surface area contributed by atoms with Gasteiger partial charge in [0.25, 0.3) is 5.91 Å². The van der Waals surface area contributed by atoms with E-state index in [-0.39, 0.29) is 30.2 Å². The molecule has 9 heteroatoms. The van der Waals surface area contributed by atoms with Crippen LogP contribution in [0.1, 0.15) is 34.1 Å². The number of carbonyl (C=O) groups excluding carboxylic acids is 4. The molecule has 154 valence electrons. The van der Waals surface area contributed by atoms with Gasteiger partial charge in [-0.15, -0.1) is 0 Å². The molecule has 1 fully saturated rings. The van der Waals surface area contributed by atoms with Crippen molar-refractivity contribution < 1.29 is 28.3 Å². The van der Waals surface area contributed by atoms with Crippen molar-refractivity contribution in [3.8, 4) is 0 Å². The highest BCUT2D eigenvalue weighted by atomic mass is 19.1. The fourth-order valence-corrected chi connectivity index (χ4v) is 3.86. The molecule has 29 heavy (non-hydrogen) atoms. The van der Waals surface area contributed by atoms with E-state index in [9.17, 15) is 23.6 Å². The Morgan fingerprint density at radius 1 is 1.21 bits per heavy atom. The van der Waals surface area contributed by atoms with E-state index in [0.717, 1.165) is 11.0 Å². The molecule has 1 aromatic rings. The smallest absolute Gasteiger partial charge is 0.355 e. The molecule has 1 aromatic carbocycles. The zero-order valence-corrected chi connectivity index (χ0v) is 16.6. The van der Waals surface area contributed by atoms with Crippen molar-refractivity contribution in [1.82, 2.24) is 5.01 Å². The van der Waals surface area contributed by atoms with Crippen LogP contribution in [0.15, 0.2) is 29.4 Å². The minimum atomic E-state index is -1.23. The number of ether oxygens (including phenoxy) is 1. The maximum absolute atomic E-state index is 14.3. The number of rotatable bonds is 6. The number of nitrogens with zero attached hydrogens (tertiary/aromatic N) is 3. The fraction of sp³-hybridized carbons (Fsp3) is 0.450. The summed E-state index contributed by atoms with van der Waals surface area (Å²) in [6.07, 6.45) is 0.0387. The summed E-state index contributed by atoms with van der Waals surface area (Å²) in [5.41, 5.74) is -1.36. The number of hydrogen-bond acceptors (Lipinski definition) is 7. The van der Waals surface area contributed by atoms with Gasteiger partial charge in [-0.25, -0.2) is 14.1 Å².